The van der Waals surface area contributed by atoms with Gasteiger partial charge in [-0.1, -0.05) is 17.7 Å². The normalized spacial score (nSPS) is 11.3. The lowest BCUT2D eigenvalue weighted by atomic mass is 10.2. The summed E-state index contributed by atoms with van der Waals surface area (Å²) in [6, 6.07) is 7.66. The molecule has 1 aromatic carbocycles. The maximum absolute atomic E-state index is 11.7. The number of nitrogens with one attached hydrogen (secondary N) is 1. The van der Waals surface area contributed by atoms with E-state index in [0.717, 1.165) is 12.8 Å². The van der Waals surface area contributed by atoms with Crippen LogP contribution >= 0.6 is 12.4 Å². The number of benzene rings is 1. The summed E-state index contributed by atoms with van der Waals surface area (Å²) in [7, 11) is 0. The number of ether oxygens (including phenoxy) is 1. The van der Waals surface area contributed by atoms with Gasteiger partial charge in [-0.2, -0.15) is 0 Å². The number of nitrogens with two attached hydrogens (primary N) is 1. The molecule has 0 aliphatic carbocycles. The van der Waals surface area contributed by atoms with Crippen LogP contribution in [0.1, 0.15) is 25.3 Å². The molecular weight excluding hydrogens is 264 g/mol. The third-order valence-corrected chi connectivity index (χ3v) is 2.63. The van der Waals surface area contributed by atoms with Crippen molar-refractivity contribution in [3.8, 4) is 5.75 Å². The van der Waals surface area contributed by atoms with Crippen LogP contribution in [-0.2, 0) is 4.79 Å². The second-order valence-corrected chi connectivity index (χ2v) is 4.36. The molecule has 0 aliphatic heterocycles. The topological polar surface area (TPSA) is 64.3 Å². The molecule has 4 nitrogen and oxygen atoms in total. The molecule has 3 N–H and O–H groups in total. The summed E-state index contributed by atoms with van der Waals surface area (Å²) < 4.78 is 5.55. The van der Waals surface area contributed by atoms with Crippen molar-refractivity contribution < 1.29 is 9.53 Å². The minimum Gasteiger partial charge on any atom is -0.481 e. The minimum absolute atomic E-state index is 0. The minimum atomic E-state index is -0.481. The Labute approximate surface area is 121 Å². The molecule has 5 heteroatoms. The van der Waals surface area contributed by atoms with Crippen molar-refractivity contribution in [2.24, 2.45) is 5.73 Å². The van der Waals surface area contributed by atoms with Crippen LogP contribution in [0.2, 0.25) is 0 Å². The highest BCUT2D eigenvalue weighted by Crippen LogP contribution is 2.13. The molecular formula is C14H23ClN2O2. The lowest BCUT2D eigenvalue weighted by molar-refractivity contribution is -0.127. The zero-order valence-electron chi connectivity index (χ0n) is 11.5. The van der Waals surface area contributed by atoms with Gasteiger partial charge in [0.15, 0.2) is 6.10 Å². The smallest absolute Gasteiger partial charge is 0.260 e. The number of amides is 1. The lowest BCUT2D eigenvalue weighted by Gasteiger charge is -2.14. The number of hydrogen-bond acceptors (Lipinski definition) is 3. The lowest BCUT2D eigenvalue weighted by Crippen LogP contribution is -2.36. The quantitative estimate of drug-likeness (QED) is 0.754. The summed E-state index contributed by atoms with van der Waals surface area (Å²) in [4.78, 5) is 11.7. The van der Waals surface area contributed by atoms with Gasteiger partial charge in [0.05, 0.1) is 0 Å². The fraction of sp³-hybridized carbons (Fsp3) is 0.500. The summed E-state index contributed by atoms with van der Waals surface area (Å²) in [6.45, 7) is 5.07. The Balaban J connectivity index is 0.00000324. The number of halogens is 1. The number of unbranched alkanes of at least 4 members (excludes halogenated alkanes) is 1. The van der Waals surface area contributed by atoms with Crippen molar-refractivity contribution in [2.45, 2.75) is 32.8 Å². The Bertz CT molecular complexity index is 368. The van der Waals surface area contributed by atoms with E-state index in [4.69, 9.17) is 10.5 Å². The van der Waals surface area contributed by atoms with Crippen LogP contribution in [0.3, 0.4) is 0 Å². The van der Waals surface area contributed by atoms with E-state index in [1.165, 1.54) is 5.56 Å². The maximum atomic E-state index is 11.7. The van der Waals surface area contributed by atoms with Crippen LogP contribution in [0.25, 0.3) is 0 Å². The van der Waals surface area contributed by atoms with E-state index in [0.29, 0.717) is 18.8 Å². The molecule has 0 fully saturated rings. The number of hydrogen-bond donors (Lipinski definition) is 2. The molecule has 108 valence electrons. The average molecular weight is 287 g/mol. The average Bonchev–Trinajstić information content (AvgIpc) is 2.37. The first kappa shape index (κ1) is 17.7. The van der Waals surface area contributed by atoms with Crippen molar-refractivity contribution in [1.29, 1.82) is 0 Å². The van der Waals surface area contributed by atoms with Crippen LogP contribution in [0, 0.1) is 6.92 Å². The highest BCUT2D eigenvalue weighted by molar-refractivity contribution is 5.85. The number of carbonyl (C=O) groups is 1. The predicted molar refractivity (Wildman–Crippen MR) is 79.8 cm³/mol. The summed E-state index contributed by atoms with van der Waals surface area (Å²) in [6.07, 6.45) is 1.35. The van der Waals surface area contributed by atoms with Crippen molar-refractivity contribution in [3.05, 3.63) is 29.8 Å². The van der Waals surface area contributed by atoms with Crippen molar-refractivity contribution in [3.63, 3.8) is 0 Å². The van der Waals surface area contributed by atoms with Gasteiger partial charge >= 0.3 is 0 Å². The standard InChI is InChI=1S/C14H22N2O2.ClH/c1-11-5-7-13(8-6-11)18-12(2)14(17)16-10-4-3-9-15;/h5-8,12H,3-4,9-10,15H2,1-2H3,(H,16,17);1H. The summed E-state index contributed by atoms with van der Waals surface area (Å²) in [5.41, 5.74) is 6.55. The largest absolute Gasteiger partial charge is 0.481 e. The van der Waals surface area contributed by atoms with Gasteiger partial charge in [0, 0.05) is 6.54 Å². The number of carbonyl (C=O) groups excluding carboxylic acids is 1. The summed E-state index contributed by atoms with van der Waals surface area (Å²) >= 11 is 0. The Morgan fingerprint density at radius 3 is 2.53 bits per heavy atom. The van der Waals surface area contributed by atoms with E-state index in [2.05, 4.69) is 5.32 Å². The first-order valence-electron chi connectivity index (χ1n) is 6.34. The van der Waals surface area contributed by atoms with Crippen molar-refractivity contribution in [2.75, 3.05) is 13.1 Å². The van der Waals surface area contributed by atoms with Crippen LogP contribution in [-0.4, -0.2) is 25.1 Å². The summed E-state index contributed by atoms with van der Waals surface area (Å²) in [5.74, 6) is 0.623. The molecule has 0 aromatic heterocycles. The highest BCUT2D eigenvalue weighted by Gasteiger charge is 2.13. The molecule has 1 atom stereocenters. The molecule has 0 saturated carbocycles. The Hall–Kier alpha value is -1.26. The van der Waals surface area contributed by atoms with E-state index in [1.807, 2.05) is 31.2 Å². The molecule has 0 spiro atoms. The SMILES string of the molecule is Cc1ccc(OC(C)C(=O)NCCCCN)cc1.Cl. The van der Waals surface area contributed by atoms with E-state index < -0.39 is 6.10 Å². The Morgan fingerprint density at radius 1 is 1.32 bits per heavy atom. The zero-order valence-corrected chi connectivity index (χ0v) is 12.3. The van der Waals surface area contributed by atoms with Crippen LogP contribution in [0.4, 0.5) is 0 Å². The predicted octanol–water partition coefficient (Wildman–Crippen LogP) is 2.04. The number of aryl methyl sites for hydroxylation is 1. The molecule has 0 radical (unpaired) electrons. The first-order chi connectivity index (χ1) is 8.63. The van der Waals surface area contributed by atoms with Gasteiger partial charge in [-0.25, -0.2) is 0 Å². The molecule has 0 heterocycles. The van der Waals surface area contributed by atoms with E-state index in [1.54, 1.807) is 6.92 Å². The number of rotatable bonds is 7. The summed E-state index contributed by atoms with van der Waals surface area (Å²) in [5, 5.41) is 2.83. The third kappa shape index (κ3) is 7.03. The van der Waals surface area contributed by atoms with Gasteiger partial charge in [0.1, 0.15) is 5.75 Å². The maximum Gasteiger partial charge on any atom is 0.260 e. The Morgan fingerprint density at radius 2 is 1.95 bits per heavy atom. The fourth-order valence-corrected chi connectivity index (χ4v) is 1.50. The highest BCUT2D eigenvalue weighted by atomic mass is 35.5. The molecule has 0 bridgehead atoms. The molecule has 1 rings (SSSR count). The van der Waals surface area contributed by atoms with Gasteiger partial charge < -0.3 is 15.8 Å². The monoisotopic (exact) mass is 286 g/mol. The van der Waals surface area contributed by atoms with Gasteiger partial charge in [0.25, 0.3) is 5.91 Å². The fourth-order valence-electron chi connectivity index (χ4n) is 1.50. The van der Waals surface area contributed by atoms with Gasteiger partial charge in [-0.3, -0.25) is 4.79 Å². The van der Waals surface area contributed by atoms with Gasteiger partial charge in [0.2, 0.25) is 0 Å². The zero-order chi connectivity index (χ0) is 13.4. The van der Waals surface area contributed by atoms with E-state index in [-0.39, 0.29) is 18.3 Å². The molecule has 0 aliphatic rings. The van der Waals surface area contributed by atoms with Gasteiger partial charge in [-0.05, 0) is 45.4 Å². The molecule has 1 amide bonds. The van der Waals surface area contributed by atoms with E-state index >= 15 is 0 Å². The molecule has 0 saturated heterocycles. The van der Waals surface area contributed by atoms with Crippen LogP contribution in [0.15, 0.2) is 24.3 Å². The second kappa shape index (κ2) is 9.64. The molecule has 19 heavy (non-hydrogen) atoms. The Kier molecular flexibility index (Phi) is 9.00. The van der Waals surface area contributed by atoms with Crippen molar-refractivity contribution in [1.82, 2.24) is 5.32 Å². The third-order valence-electron chi connectivity index (χ3n) is 2.63. The molecule has 1 aromatic rings. The van der Waals surface area contributed by atoms with E-state index in [9.17, 15) is 4.79 Å². The van der Waals surface area contributed by atoms with Crippen molar-refractivity contribution >= 4 is 18.3 Å². The van der Waals surface area contributed by atoms with Crippen LogP contribution in [0.5, 0.6) is 5.75 Å². The first-order valence-corrected chi connectivity index (χ1v) is 6.34. The second-order valence-electron chi connectivity index (χ2n) is 4.36. The van der Waals surface area contributed by atoms with Gasteiger partial charge in [-0.15, -0.1) is 12.4 Å². The van der Waals surface area contributed by atoms with Crippen LogP contribution < -0.4 is 15.8 Å². The molecule has 1 unspecified atom stereocenters.